The third kappa shape index (κ3) is 3.71. The average Bonchev–Trinajstić information content (AvgIpc) is 2.80. The highest BCUT2D eigenvalue weighted by Gasteiger charge is 2.23. The second-order valence-electron chi connectivity index (χ2n) is 4.20. The molecule has 1 aromatic rings. The van der Waals surface area contributed by atoms with Gasteiger partial charge in [0.25, 0.3) is 0 Å². The predicted molar refractivity (Wildman–Crippen MR) is 75.8 cm³/mol. The highest BCUT2D eigenvalue weighted by atomic mass is 32.2. The molecule has 18 heavy (non-hydrogen) atoms. The Bertz CT molecular complexity index is 477. The Morgan fingerprint density at radius 3 is 2.72 bits per heavy atom. The molecule has 4 nitrogen and oxygen atoms in total. The van der Waals surface area contributed by atoms with Gasteiger partial charge in [-0.15, -0.1) is 11.3 Å². The Morgan fingerprint density at radius 2 is 2.06 bits per heavy atom. The van der Waals surface area contributed by atoms with Crippen LogP contribution in [-0.2, 0) is 16.4 Å². The minimum atomic E-state index is -3.38. The summed E-state index contributed by atoms with van der Waals surface area (Å²) in [6, 6.07) is 3.46. The molecule has 0 unspecified atom stereocenters. The standard InChI is InChI=1S/C11H17NO3S3/c13-6-3-10-1-2-11(17-10)18(14,15)12-9-4-7-16-8-5-9/h1-2,9,12-13H,3-8H2. The molecular formula is C11H17NO3S3. The molecule has 1 aromatic heterocycles. The number of hydrogen-bond donors (Lipinski definition) is 2. The molecule has 1 aliphatic rings. The zero-order chi connectivity index (χ0) is 13.0. The molecule has 0 saturated carbocycles. The molecule has 0 spiro atoms. The van der Waals surface area contributed by atoms with E-state index in [1.165, 1.54) is 11.3 Å². The van der Waals surface area contributed by atoms with Gasteiger partial charge >= 0.3 is 0 Å². The lowest BCUT2D eigenvalue weighted by atomic mass is 10.2. The van der Waals surface area contributed by atoms with E-state index in [9.17, 15) is 8.42 Å². The maximum absolute atomic E-state index is 12.1. The molecule has 2 rings (SSSR count). The van der Waals surface area contributed by atoms with Gasteiger partial charge in [-0.3, -0.25) is 0 Å². The van der Waals surface area contributed by atoms with E-state index in [0.717, 1.165) is 29.2 Å². The van der Waals surface area contributed by atoms with Crippen molar-refractivity contribution in [2.24, 2.45) is 0 Å². The van der Waals surface area contributed by atoms with Gasteiger partial charge in [0.2, 0.25) is 10.0 Å². The van der Waals surface area contributed by atoms with E-state index < -0.39 is 10.0 Å². The molecule has 1 fully saturated rings. The summed E-state index contributed by atoms with van der Waals surface area (Å²) in [7, 11) is -3.38. The summed E-state index contributed by atoms with van der Waals surface area (Å²) >= 11 is 3.11. The molecular weight excluding hydrogens is 290 g/mol. The first-order valence-electron chi connectivity index (χ1n) is 5.91. The van der Waals surface area contributed by atoms with E-state index in [1.807, 2.05) is 11.8 Å². The lowest BCUT2D eigenvalue weighted by molar-refractivity contribution is 0.300. The van der Waals surface area contributed by atoms with Gasteiger partial charge in [-0.2, -0.15) is 11.8 Å². The maximum Gasteiger partial charge on any atom is 0.250 e. The Hall–Kier alpha value is -0.0800. The van der Waals surface area contributed by atoms with Crippen LogP contribution in [0.2, 0.25) is 0 Å². The average molecular weight is 307 g/mol. The second-order valence-corrected chi connectivity index (χ2v) is 8.54. The quantitative estimate of drug-likeness (QED) is 0.864. The number of aliphatic hydroxyl groups is 1. The Balaban J connectivity index is 2.04. The molecule has 0 radical (unpaired) electrons. The largest absolute Gasteiger partial charge is 0.396 e. The number of rotatable bonds is 5. The highest BCUT2D eigenvalue weighted by Crippen LogP contribution is 2.24. The molecule has 0 aromatic carbocycles. The monoisotopic (exact) mass is 307 g/mol. The fourth-order valence-corrected chi connectivity index (χ4v) is 5.61. The third-order valence-electron chi connectivity index (χ3n) is 2.80. The van der Waals surface area contributed by atoms with Crippen molar-refractivity contribution in [3.8, 4) is 0 Å². The number of hydrogen-bond acceptors (Lipinski definition) is 5. The lowest BCUT2D eigenvalue weighted by Gasteiger charge is -2.21. The van der Waals surface area contributed by atoms with E-state index in [4.69, 9.17) is 5.11 Å². The third-order valence-corrected chi connectivity index (χ3v) is 7.01. The number of nitrogens with one attached hydrogen (secondary N) is 1. The van der Waals surface area contributed by atoms with Gasteiger partial charge in [-0.25, -0.2) is 13.1 Å². The van der Waals surface area contributed by atoms with Crippen LogP contribution in [0.4, 0.5) is 0 Å². The highest BCUT2D eigenvalue weighted by molar-refractivity contribution is 7.99. The Kier molecular flexibility index (Phi) is 5.08. The van der Waals surface area contributed by atoms with E-state index in [1.54, 1.807) is 12.1 Å². The molecule has 1 saturated heterocycles. The normalized spacial score (nSPS) is 18.1. The molecule has 0 bridgehead atoms. The molecule has 0 atom stereocenters. The minimum absolute atomic E-state index is 0.0489. The van der Waals surface area contributed by atoms with Gasteiger partial charge in [0.15, 0.2) is 0 Å². The van der Waals surface area contributed by atoms with Crippen LogP contribution in [0.15, 0.2) is 16.3 Å². The van der Waals surface area contributed by atoms with Crippen LogP contribution in [0.1, 0.15) is 17.7 Å². The van der Waals surface area contributed by atoms with Crippen LogP contribution < -0.4 is 4.72 Å². The summed E-state index contributed by atoms with van der Waals surface area (Å²) in [6.07, 6.45) is 2.32. The van der Waals surface area contributed by atoms with Crippen molar-refractivity contribution in [3.05, 3.63) is 17.0 Å². The van der Waals surface area contributed by atoms with Crippen LogP contribution in [0, 0.1) is 0 Å². The summed E-state index contributed by atoms with van der Waals surface area (Å²) in [5, 5.41) is 8.83. The summed E-state index contributed by atoms with van der Waals surface area (Å²) in [6.45, 7) is 0.0489. The molecule has 1 aliphatic heterocycles. The van der Waals surface area contributed by atoms with E-state index in [2.05, 4.69) is 4.72 Å². The zero-order valence-corrected chi connectivity index (χ0v) is 12.4. The number of aliphatic hydroxyl groups excluding tert-OH is 1. The Morgan fingerprint density at radius 1 is 1.33 bits per heavy atom. The summed E-state index contributed by atoms with van der Waals surface area (Å²) in [5.41, 5.74) is 0. The van der Waals surface area contributed by atoms with Crippen LogP contribution in [-0.4, -0.2) is 37.7 Å². The second kappa shape index (κ2) is 6.38. The van der Waals surface area contributed by atoms with E-state index in [0.29, 0.717) is 10.6 Å². The molecule has 102 valence electrons. The first-order chi connectivity index (χ1) is 8.62. The van der Waals surface area contributed by atoms with Gasteiger partial charge in [-0.1, -0.05) is 0 Å². The smallest absolute Gasteiger partial charge is 0.250 e. The van der Waals surface area contributed by atoms with Crippen LogP contribution in [0.25, 0.3) is 0 Å². The summed E-state index contributed by atoms with van der Waals surface area (Å²) in [5.74, 6) is 2.04. The lowest BCUT2D eigenvalue weighted by Crippen LogP contribution is -2.36. The summed E-state index contributed by atoms with van der Waals surface area (Å²) < 4.78 is 27.4. The van der Waals surface area contributed by atoms with Crippen molar-refractivity contribution in [3.63, 3.8) is 0 Å². The van der Waals surface area contributed by atoms with Gasteiger partial charge in [0.05, 0.1) is 0 Å². The SMILES string of the molecule is O=S(=O)(NC1CCSCC1)c1ccc(CCO)s1. The minimum Gasteiger partial charge on any atom is -0.396 e. The van der Waals surface area contributed by atoms with Crippen LogP contribution in [0.5, 0.6) is 0 Å². The maximum atomic E-state index is 12.1. The number of thioether (sulfide) groups is 1. The number of thiophene rings is 1. The van der Waals surface area contributed by atoms with Crippen molar-refractivity contribution in [2.45, 2.75) is 29.5 Å². The molecule has 2 N–H and O–H groups in total. The molecule has 0 aliphatic carbocycles. The van der Waals surface area contributed by atoms with Crippen LogP contribution >= 0.6 is 23.1 Å². The van der Waals surface area contributed by atoms with E-state index >= 15 is 0 Å². The number of sulfonamides is 1. The topological polar surface area (TPSA) is 66.4 Å². The van der Waals surface area contributed by atoms with Gasteiger partial charge in [-0.05, 0) is 36.5 Å². The molecule has 0 amide bonds. The first kappa shape index (κ1) is 14.3. The molecule has 2 heterocycles. The van der Waals surface area contributed by atoms with Crippen molar-refractivity contribution in [1.82, 2.24) is 4.72 Å². The van der Waals surface area contributed by atoms with Crippen LogP contribution in [0.3, 0.4) is 0 Å². The van der Waals surface area contributed by atoms with Gasteiger partial charge in [0, 0.05) is 23.9 Å². The molecule has 7 heteroatoms. The Labute approximate surface area is 116 Å². The summed E-state index contributed by atoms with van der Waals surface area (Å²) in [4.78, 5) is 0.900. The fourth-order valence-electron chi connectivity index (χ4n) is 1.84. The van der Waals surface area contributed by atoms with Gasteiger partial charge in [0.1, 0.15) is 4.21 Å². The predicted octanol–water partition coefficient (Wildman–Crippen LogP) is 1.46. The first-order valence-corrected chi connectivity index (χ1v) is 9.37. The van der Waals surface area contributed by atoms with Crippen molar-refractivity contribution >= 4 is 33.1 Å². The zero-order valence-electron chi connectivity index (χ0n) is 9.96. The fraction of sp³-hybridized carbons (Fsp3) is 0.636. The van der Waals surface area contributed by atoms with Gasteiger partial charge < -0.3 is 5.11 Å². The van der Waals surface area contributed by atoms with Crippen molar-refractivity contribution in [2.75, 3.05) is 18.1 Å². The van der Waals surface area contributed by atoms with Crippen molar-refractivity contribution in [1.29, 1.82) is 0 Å². The van der Waals surface area contributed by atoms with E-state index in [-0.39, 0.29) is 12.6 Å². The van der Waals surface area contributed by atoms with Crippen molar-refractivity contribution < 1.29 is 13.5 Å².